The summed E-state index contributed by atoms with van der Waals surface area (Å²) in [5.74, 6) is 1.76. The first-order valence-corrected chi connectivity index (χ1v) is 7.59. The Labute approximate surface area is 124 Å². The molecule has 0 atom stereocenters. The number of piperidine rings is 1. The van der Waals surface area contributed by atoms with E-state index >= 15 is 0 Å². The number of hydrogen-bond acceptors (Lipinski definition) is 5. The van der Waals surface area contributed by atoms with Crippen molar-refractivity contribution in [1.82, 2.24) is 25.1 Å². The average molecular weight is 287 g/mol. The van der Waals surface area contributed by atoms with Gasteiger partial charge in [0.1, 0.15) is 5.75 Å². The highest BCUT2D eigenvalue weighted by Gasteiger charge is 2.15. The highest BCUT2D eigenvalue weighted by molar-refractivity contribution is 5.37. The van der Waals surface area contributed by atoms with Crippen molar-refractivity contribution in [3.63, 3.8) is 0 Å². The molecule has 0 radical (unpaired) electrons. The van der Waals surface area contributed by atoms with Gasteiger partial charge < -0.3 is 4.74 Å². The van der Waals surface area contributed by atoms with Crippen LogP contribution in [0.5, 0.6) is 5.75 Å². The SMILES string of the molecule is CCOc1ccc(-n2nnnc2CN2CCCCC2)cc1. The molecule has 0 saturated carbocycles. The molecule has 1 aromatic heterocycles. The summed E-state index contributed by atoms with van der Waals surface area (Å²) in [5, 5.41) is 12.1. The summed E-state index contributed by atoms with van der Waals surface area (Å²) in [6.07, 6.45) is 3.87. The van der Waals surface area contributed by atoms with Crippen molar-refractivity contribution in [2.45, 2.75) is 32.7 Å². The Balaban J connectivity index is 1.74. The quantitative estimate of drug-likeness (QED) is 0.842. The van der Waals surface area contributed by atoms with Crippen molar-refractivity contribution in [2.24, 2.45) is 0 Å². The summed E-state index contributed by atoms with van der Waals surface area (Å²) in [6, 6.07) is 7.87. The van der Waals surface area contributed by atoms with Gasteiger partial charge in [0.05, 0.1) is 18.8 Å². The Bertz CT molecular complexity index is 560. The molecule has 1 saturated heterocycles. The van der Waals surface area contributed by atoms with Crippen LogP contribution < -0.4 is 4.74 Å². The molecule has 1 aromatic carbocycles. The zero-order valence-electron chi connectivity index (χ0n) is 12.4. The highest BCUT2D eigenvalue weighted by atomic mass is 16.5. The third kappa shape index (κ3) is 3.39. The van der Waals surface area contributed by atoms with Gasteiger partial charge in [-0.15, -0.1) is 5.10 Å². The number of hydrogen-bond donors (Lipinski definition) is 0. The predicted octanol–water partition coefficient (Wildman–Crippen LogP) is 2.05. The van der Waals surface area contributed by atoms with Crippen molar-refractivity contribution in [3.8, 4) is 11.4 Å². The second-order valence-corrected chi connectivity index (χ2v) is 5.27. The van der Waals surface area contributed by atoms with Gasteiger partial charge in [0.15, 0.2) is 5.82 Å². The number of nitrogens with zero attached hydrogens (tertiary/aromatic N) is 5. The zero-order chi connectivity index (χ0) is 14.5. The van der Waals surface area contributed by atoms with Gasteiger partial charge in [-0.2, -0.15) is 4.68 Å². The number of tetrazole rings is 1. The van der Waals surface area contributed by atoms with Crippen LogP contribution in [0, 0.1) is 0 Å². The Hall–Kier alpha value is -1.95. The van der Waals surface area contributed by atoms with Gasteiger partial charge in [-0.1, -0.05) is 6.42 Å². The molecule has 1 fully saturated rings. The standard InChI is InChI=1S/C15H21N5O/c1-2-21-14-8-6-13(7-9-14)20-15(16-17-18-20)12-19-10-4-3-5-11-19/h6-9H,2-5,10-12H2,1H3. The Morgan fingerprint density at radius 3 is 2.57 bits per heavy atom. The van der Waals surface area contributed by atoms with Crippen molar-refractivity contribution < 1.29 is 4.74 Å². The minimum absolute atomic E-state index is 0.671. The third-order valence-electron chi connectivity index (χ3n) is 3.74. The molecule has 1 aliphatic rings. The van der Waals surface area contributed by atoms with E-state index in [1.807, 2.05) is 35.9 Å². The van der Waals surface area contributed by atoms with Crippen molar-refractivity contribution >= 4 is 0 Å². The summed E-state index contributed by atoms with van der Waals surface area (Å²) in [6.45, 7) is 5.73. The van der Waals surface area contributed by atoms with Gasteiger partial charge >= 0.3 is 0 Å². The first kappa shape index (κ1) is 14.0. The van der Waals surface area contributed by atoms with Crippen LogP contribution in [0.1, 0.15) is 32.0 Å². The fraction of sp³-hybridized carbons (Fsp3) is 0.533. The molecule has 112 valence electrons. The zero-order valence-corrected chi connectivity index (χ0v) is 12.4. The Morgan fingerprint density at radius 2 is 1.86 bits per heavy atom. The second kappa shape index (κ2) is 6.67. The van der Waals surface area contributed by atoms with E-state index in [2.05, 4.69) is 20.4 Å². The van der Waals surface area contributed by atoms with Crippen molar-refractivity contribution in [2.75, 3.05) is 19.7 Å². The molecule has 1 aliphatic heterocycles. The van der Waals surface area contributed by atoms with Crippen LogP contribution in [0.15, 0.2) is 24.3 Å². The third-order valence-corrected chi connectivity index (χ3v) is 3.74. The van der Waals surface area contributed by atoms with Crippen LogP contribution in [0.3, 0.4) is 0 Å². The summed E-state index contributed by atoms with van der Waals surface area (Å²) in [5.41, 5.74) is 0.968. The lowest BCUT2D eigenvalue weighted by atomic mass is 10.1. The molecule has 6 nitrogen and oxygen atoms in total. The van der Waals surface area contributed by atoms with Crippen LogP contribution in [0.4, 0.5) is 0 Å². The average Bonchev–Trinajstić information content (AvgIpc) is 2.98. The fourth-order valence-electron chi connectivity index (χ4n) is 2.67. The number of rotatable bonds is 5. The molecular weight excluding hydrogens is 266 g/mol. The molecular formula is C15H21N5O. The Kier molecular flexibility index (Phi) is 4.45. The monoisotopic (exact) mass is 287 g/mol. The van der Waals surface area contributed by atoms with Crippen molar-refractivity contribution in [3.05, 3.63) is 30.1 Å². The first-order valence-electron chi connectivity index (χ1n) is 7.59. The Morgan fingerprint density at radius 1 is 1.10 bits per heavy atom. The van der Waals surface area contributed by atoms with Gasteiger partial charge in [-0.3, -0.25) is 4.90 Å². The fourth-order valence-corrected chi connectivity index (χ4v) is 2.67. The lowest BCUT2D eigenvalue weighted by molar-refractivity contribution is 0.214. The van der Waals surface area contributed by atoms with Crippen LogP contribution in [-0.2, 0) is 6.54 Å². The van der Waals surface area contributed by atoms with Crippen LogP contribution in [0.2, 0.25) is 0 Å². The van der Waals surface area contributed by atoms with E-state index in [-0.39, 0.29) is 0 Å². The highest BCUT2D eigenvalue weighted by Crippen LogP contribution is 2.17. The van der Waals surface area contributed by atoms with Crippen LogP contribution >= 0.6 is 0 Å². The molecule has 2 heterocycles. The number of aromatic nitrogens is 4. The number of likely N-dealkylation sites (tertiary alicyclic amines) is 1. The summed E-state index contributed by atoms with van der Waals surface area (Å²) >= 11 is 0. The molecule has 2 aromatic rings. The number of ether oxygens (including phenoxy) is 1. The van der Waals surface area contributed by atoms with E-state index < -0.39 is 0 Å². The van der Waals surface area contributed by atoms with E-state index in [0.717, 1.165) is 36.9 Å². The van der Waals surface area contributed by atoms with Gasteiger partial charge in [-0.05, 0) is 67.5 Å². The molecule has 0 amide bonds. The molecule has 0 unspecified atom stereocenters. The minimum Gasteiger partial charge on any atom is -0.494 e. The second-order valence-electron chi connectivity index (χ2n) is 5.27. The minimum atomic E-state index is 0.671. The largest absolute Gasteiger partial charge is 0.494 e. The van der Waals surface area contributed by atoms with E-state index in [9.17, 15) is 0 Å². The normalized spacial score (nSPS) is 16.0. The lowest BCUT2D eigenvalue weighted by Crippen LogP contribution is -2.30. The summed E-state index contributed by atoms with van der Waals surface area (Å²) in [4.78, 5) is 2.42. The van der Waals surface area contributed by atoms with E-state index in [1.54, 1.807) is 0 Å². The maximum atomic E-state index is 5.46. The summed E-state index contributed by atoms with van der Waals surface area (Å²) in [7, 11) is 0. The smallest absolute Gasteiger partial charge is 0.170 e. The van der Waals surface area contributed by atoms with E-state index in [1.165, 1.54) is 19.3 Å². The van der Waals surface area contributed by atoms with Gasteiger partial charge in [0.25, 0.3) is 0 Å². The maximum absolute atomic E-state index is 5.46. The molecule has 0 spiro atoms. The maximum Gasteiger partial charge on any atom is 0.170 e. The predicted molar refractivity (Wildman–Crippen MR) is 79.5 cm³/mol. The number of benzene rings is 1. The lowest BCUT2D eigenvalue weighted by Gasteiger charge is -2.25. The van der Waals surface area contributed by atoms with Gasteiger partial charge in [0.2, 0.25) is 0 Å². The van der Waals surface area contributed by atoms with Crippen LogP contribution in [0.25, 0.3) is 5.69 Å². The molecule has 0 aliphatic carbocycles. The van der Waals surface area contributed by atoms with E-state index in [4.69, 9.17) is 4.74 Å². The van der Waals surface area contributed by atoms with Crippen molar-refractivity contribution in [1.29, 1.82) is 0 Å². The van der Waals surface area contributed by atoms with Gasteiger partial charge in [-0.25, -0.2) is 0 Å². The molecule has 3 rings (SSSR count). The van der Waals surface area contributed by atoms with E-state index in [0.29, 0.717) is 6.61 Å². The topological polar surface area (TPSA) is 56.1 Å². The first-order chi connectivity index (χ1) is 10.4. The molecule has 0 N–H and O–H groups in total. The summed E-state index contributed by atoms with van der Waals surface area (Å²) < 4.78 is 7.27. The molecule has 0 bridgehead atoms. The van der Waals surface area contributed by atoms with Crippen LogP contribution in [-0.4, -0.2) is 44.8 Å². The van der Waals surface area contributed by atoms with Gasteiger partial charge in [0, 0.05) is 0 Å². The molecule has 21 heavy (non-hydrogen) atoms. The molecule has 6 heteroatoms.